The largest absolute Gasteiger partial charge is 0.480 e. The van der Waals surface area contributed by atoms with E-state index in [1.54, 1.807) is 0 Å². The van der Waals surface area contributed by atoms with Crippen molar-refractivity contribution >= 4 is 39.9 Å². The van der Waals surface area contributed by atoms with Crippen LogP contribution in [0.1, 0.15) is 33.1 Å². The lowest BCUT2D eigenvalue weighted by Gasteiger charge is -2.18. The van der Waals surface area contributed by atoms with Crippen molar-refractivity contribution in [3.05, 3.63) is 65.7 Å². The molecule has 184 valence electrons. The number of hydrogen-bond acceptors (Lipinski definition) is 4. The summed E-state index contributed by atoms with van der Waals surface area (Å²) in [7, 11) is -0.601. The highest BCUT2D eigenvalue weighted by molar-refractivity contribution is 7.85. The minimum atomic E-state index is -1.60. The van der Waals surface area contributed by atoms with E-state index >= 15 is 0 Å². The van der Waals surface area contributed by atoms with E-state index in [1.807, 2.05) is 48.6 Å². The topological polar surface area (TPSA) is 86.6 Å². The molecule has 4 rings (SSSR count). The minimum absolute atomic E-state index is 0.0305. The highest BCUT2D eigenvalue weighted by atomic mass is 35.5. The maximum absolute atomic E-state index is 13.2. The molecule has 1 saturated carbocycles. The van der Waals surface area contributed by atoms with Crippen molar-refractivity contribution in [2.45, 2.75) is 42.9 Å². The van der Waals surface area contributed by atoms with E-state index in [9.17, 15) is 14.1 Å². The fourth-order valence-electron chi connectivity index (χ4n) is 4.66. The summed E-state index contributed by atoms with van der Waals surface area (Å²) in [6, 6.07) is 11.2. The van der Waals surface area contributed by atoms with Gasteiger partial charge >= 0.3 is 5.97 Å². The molecule has 1 fully saturated rings. The van der Waals surface area contributed by atoms with Gasteiger partial charge in [0.25, 0.3) is 0 Å². The maximum Gasteiger partial charge on any atom is 0.325 e. The lowest BCUT2D eigenvalue weighted by molar-refractivity contribution is -0.141. The van der Waals surface area contributed by atoms with Crippen molar-refractivity contribution in [1.82, 2.24) is 4.72 Å². The molecule has 2 aromatic rings. The molecule has 34 heavy (non-hydrogen) atoms. The molecule has 0 amide bonds. The van der Waals surface area contributed by atoms with Crippen LogP contribution in [0.4, 0.5) is 0 Å². The van der Waals surface area contributed by atoms with Crippen LogP contribution in [0.25, 0.3) is 10.4 Å². The molecule has 6 unspecified atom stereocenters. The van der Waals surface area contributed by atoms with Crippen LogP contribution in [0.2, 0.25) is 5.02 Å². The molecule has 0 spiro atoms. The molecule has 2 aliphatic carbocycles. The van der Waals surface area contributed by atoms with Gasteiger partial charge in [0.1, 0.15) is 20.7 Å². The van der Waals surface area contributed by atoms with Crippen LogP contribution in [0.5, 0.6) is 0 Å². The highest BCUT2D eigenvalue weighted by Crippen LogP contribution is 2.56. The summed E-state index contributed by atoms with van der Waals surface area (Å²) in [6.07, 6.45) is 10.7. The summed E-state index contributed by atoms with van der Waals surface area (Å²) in [5, 5.41) is 17.9. The molecule has 8 heteroatoms. The first kappa shape index (κ1) is 26.8. The summed E-state index contributed by atoms with van der Waals surface area (Å²) in [4.78, 5) is 13.4. The van der Waals surface area contributed by atoms with Crippen molar-refractivity contribution in [2.24, 2.45) is 23.7 Å². The minimum Gasteiger partial charge on any atom is -0.480 e. The van der Waals surface area contributed by atoms with Gasteiger partial charge in [-0.3, -0.25) is 4.79 Å². The van der Waals surface area contributed by atoms with Crippen LogP contribution >= 0.6 is 22.9 Å². The Hall–Kier alpha value is -1.77. The first-order chi connectivity index (χ1) is 16.3. The van der Waals surface area contributed by atoms with Crippen LogP contribution in [-0.4, -0.2) is 33.0 Å². The van der Waals surface area contributed by atoms with Crippen LogP contribution in [0.15, 0.2) is 64.9 Å². The third-order valence-corrected chi connectivity index (χ3v) is 9.85. The third-order valence-electron chi connectivity index (χ3n) is 6.94. The van der Waals surface area contributed by atoms with Gasteiger partial charge in [0.05, 0.1) is 0 Å². The second-order valence-corrected chi connectivity index (χ2v) is 11.8. The van der Waals surface area contributed by atoms with Crippen LogP contribution < -0.4 is 4.72 Å². The quantitative estimate of drug-likeness (QED) is 0.455. The van der Waals surface area contributed by atoms with E-state index in [1.165, 1.54) is 11.3 Å². The number of carbonyl (C=O) groups is 1. The van der Waals surface area contributed by atoms with Crippen molar-refractivity contribution in [3.8, 4) is 10.4 Å². The summed E-state index contributed by atoms with van der Waals surface area (Å²) < 4.78 is 16.9. The number of fused-ring (bicyclic) bond motifs is 1. The molecule has 0 bridgehead atoms. The lowest BCUT2D eigenvalue weighted by atomic mass is 9.90. The first-order valence-corrected chi connectivity index (χ1v) is 13.7. The SMILES string of the molecule is CC1/C=C\C=C/CC2C(CCC1C)C2(NS(=O)c1ccc(-c2ccc(Cl)cc2)s1)C(=O)O.CO. The Kier molecular flexibility index (Phi) is 9.29. The Bertz CT molecular complexity index is 1070. The third kappa shape index (κ3) is 5.71. The van der Waals surface area contributed by atoms with Gasteiger partial charge in [0, 0.05) is 17.0 Å². The summed E-state index contributed by atoms with van der Waals surface area (Å²) in [5.74, 6) is -0.0946. The Morgan fingerprint density at radius 3 is 2.47 bits per heavy atom. The molecule has 1 aromatic carbocycles. The van der Waals surface area contributed by atoms with Crippen LogP contribution in [0.3, 0.4) is 0 Å². The number of aliphatic hydroxyl groups excluding tert-OH is 1. The van der Waals surface area contributed by atoms with Gasteiger partial charge in [-0.25, -0.2) is 8.93 Å². The molecule has 0 radical (unpaired) electrons. The molecular weight excluding hydrogens is 490 g/mol. The maximum atomic E-state index is 13.2. The van der Waals surface area contributed by atoms with Gasteiger partial charge in [0.15, 0.2) is 0 Å². The number of benzene rings is 1. The normalized spacial score (nSPS) is 31.1. The first-order valence-electron chi connectivity index (χ1n) is 11.4. The fraction of sp³-hybridized carbons (Fsp3) is 0.423. The van der Waals surface area contributed by atoms with Gasteiger partial charge in [0.2, 0.25) is 0 Å². The van der Waals surface area contributed by atoms with E-state index in [4.69, 9.17) is 16.7 Å². The number of aliphatic carboxylic acids is 1. The predicted octanol–water partition coefficient (Wildman–Crippen LogP) is 5.93. The number of nitrogens with one attached hydrogen (secondary N) is 1. The zero-order valence-electron chi connectivity index (χ0n) is 19.6. The van der Waals surface area contributed by atoms with E-state index in [2.05, 4.69) is 30.7 Å². The molecule has 3 N–H and O–H groups in total. The number of rotatable bonds is 5. The Morgan fingerprint density at radius 2 is 1.79 bits per heavy atom. The highest BCUT2D eigenvalue weighted by Gasteiger charge is 2.69. The van der Waals surface area contributed by atoms with Crippen LogP contribution in [-0.2, 0) is 15.8 Å². The lowest BCUT2D eigenvalue weighted by Crippen LogP contribution is -2.43. The standard InChI is InChI=1S/C25H28ClNO3S2.CH4O/c1-16-6-4-3-5-7-20-21(13-8-17(16)2)25(20,24(28)29)27-32(30)23-15-14-22(31-23)18-9-11-19(26)12-10-18;1-2/h3-6,9-12,14-17,20-21,27H,7-8,13H2,1-2H3,(H,28,29);2H,1H3/b5-3-,6-4-;. The molecule has 2 aliphatic rings. The average molecular weight is 522 g/mol. The molecular formula is C26H32ClNO4S2. The summed E-state index contributed by atoms with van der Waals surface area (Å²) in [6.45, 7) is 4.41. The smallest absolute Gasteiger partial charge is 0.325 e. The number of allylic oxidation sites excluding steroid dienone is 4. The van der Waals surface area contributed by atoms with Gasteiger partial charge < -0.3 is 10.2 Å². The number of carboxylic acid groups (broad SMARTS) is 1. The van der Waals surface area contributed by atoms with Gasteiger partial charge in [-0.1, -0.05) is 61.9 Å². The number of carboxylic acids is 1. The van der Waals surface area contributed by atoms with Gasteiger partial charge in [-0.2, -0.15) is 0 Å². The number of aliphatic hydroxyl groups is 1. The van der Waals surface area contributed by atoms with Gasteiger partial charge in [-0.05, 0) is 72.8 Å². The molecule has 1 heterocycles. The Labute approximate surface area is 213 Å². The number of thiophene rings is 1. The second-order valence-electron chi connectivity index (χ2n) is 8.85. The Morgan fingerprint density at radius 1 is 1.09 bits per heavy atom. The molecule has 0 aliphatic heterocycles. The molecule has 0 saturated heterocycles. The van der Waals surface area contributed by atoms with Gasteiger partial charge in [-0.15, -0.1) is 11.3 Å². The van der Waals surface area contributed by atoms with E-state index in [0.717, 1.165) is 30.4 Å². The summed E-state index contributed by atoms with van der Waals surface area (Å²) in [5.41, 5.74) is -0.153. The van der Waals surface area contributed by atoms with Crippen molar-refractivity contribution in [3.63, 3.8) is 0 Å². The molecule has 1 aromatic heterocycles. The zero-order valence-corrected chi connectivity index (χ0v) is 22.0. The second kappa shape index (κ2) is 11.8. The number of hydrogen-bond donors (Lipinski definition) is 3. The average Bonchev–Trinajstić information content (AvgIpc) is 3.16. The van der Waals surface area contributed by atoms with Crippen LogP contribution in [0, 0.1) is 23.7 Å². The van der Waals surface area contributed by atoms with Crippen molar-refractivity contribution < 1.29 is 19.2 Å². The molecule has 6 atom stereocenters. The van der Waals surface area contributed by atoms with Crippen molar-refractivity contribution in [2.75, 3.05) is 7.11 Å². The van der Waals surface area contributed by atoms with E-state index in [0.29, 0.717) is 27.5 Å². The van der Waals surface area contributed by atoms with Crippen molar-refractivity contribution in [1.29, 1.82) is 0 Å². The predicted molar refractivity (Wildman–Crippen MR) is 140 cm³/mol. The monoisotopic (exact) mass is 521 g/mol. The van der Waals surface area contributed by atoms with E-state index < -0.39 is 22.5 Å². The summed E-state index contributed by atoms with van der Waals surface area (Å²) >= 11 is 7.38. The Balaban J connectivity index is 0.00000158. The molecule has 5 nitrogen and oxygen atoms in total. The zero-order chi connectivity index (χ0) is 24.9. The number of halogens is 1. The van der Waals surface area contributed by atoms with E-state index in [-0.39, 0.29) is 11.8 Å². The fourth-order valence-corrected chi connectivity index (χ4v) is 7.22.